The van der Waals surface area contributed by atoms with Gasteiger partial charge in [0.05, 0.1) is 0 Å². The predicted molar refractivity (Wildman–Crippen MR) is 52.9 cm³/mol. The third kappa shape index (κ3) is 1.30. The van der Waals surface area contributed by atoms with Gasteiger partial charge >= 0.3 is 0 Å². The fourth-order valence-electron chi connectivity index (χ4n) is 3.54. The van der Waals surface area contributed by atoms with E-state index in [4.69, 9.17) is 0 Å². The van der Waals surface area contributed by atoms with Gasteiger partial charge < -0.3 is 0 Å². The zero-order chi connectivity index (χ0) is 8.72. The second-order valence-corrected chi connectivity index (χ2v) is 5.41. The molecule has 0 aromatic carbocycles. The molecule has 5 unspecified atom stereocenters. The minimum atomic E-state index is 1.00. The maximum absolute atomic E-state index is 2.48. The summed E-state index contributed by atoms with van der Waals surface area (Å²) >= 11 is 0. The summed E-state index contributed by atoms with van der Waals surface area (Å²) in [6.45, 7) is 7.37. The second-order valence-electron chi connectivity index (χ2n) is 5.41. The molecule has 0 N–H and O–H groups in total. The maximum Gasteiger partial charge on any atom is -0.0355 e. The minimum absolute atomic E-state index is 1.00. The van der Waals surface area contributed by atoms with Crippen LogP contribution in [0.15, 0.2) is 0 Å². The Kier molecular flexibility index (Phi) is 2.18. The van der Waals surface area contributed by atoms with Gasteiger partial charge in [0.2, 0.25) is 0 Å². The second kappa shape index (κ2) is 3.05. The van der Waals surface area contributed by atoms with Crippen molar-refractivity contribution >= 4 is 0 Å². The normalized spacial score (nSPS) is 53.8. The molecule has 2 aliphatic carbocycles. The Bertz CT molecular complexity index is 161. The van der Waals surface area contributed by atoms with E-state index in [1.54, 1.807) is 0 Å². The molecular weight excluding hydrogens is 144 g/mol. The highest BCUT2D eigenvalue weighted by atomic mass is 14.5. The third-order valence-corrected chi connectivity index (χ3v) is 4.56. The van der Waals surface area contributed by atoms with Crippen molar-refractivity contribution in [2.24, 2.45) is 29.6 Å². The number of rotatable bonds is 0. The topological polar surface area (TPSA) is 0 Å². The first-order valence-electron chi connectivity index (χ1n) is 5.68. The van der Waals surface area contributed by atoms with Crippen molar-refractivity contribution in [3.05, 3.63) is 0 Å². The van der Waals surface area contributed by atoms with Crippen LogP contribution in [0.3, 0.4) is 0 Å². The van der Waals surface area contributed by atoms with Crippen LogP contribution in [0.25, 0.3) is 0 Å². The molecule has 70 valence electrons. The van der Waals surface area contributed by atoms with E-state index >= 15 is 0 Å². The van der Waals surface area contributed by atoms with Crippen molar-refractivity contribution in [3.63, 3.8) is 0 Å². The quantitative estimate of drug-likeness (QED) is 0.514. The van der Waals surface area contributed by atoms with Crippen LogP contribution in [-0.2, 0) is 0 Å². The first kappa shape index (κ1) is 8.59. The Morgan fingerprint density at radius 1 is 0.917 bits per heavy atom. The van der Waals surface area contributed by atoms with Crippen molar-refractivity contribution in [2.45, 2.75) is 46.5 Å². The van der Waals surface area contributed by atoms with E-state index in [0.717, 1.165) is 29.6 Å². The summed E-state index contributed by atoms with van der Waals surface area (Å²) in [5, 5.41) is 0. The Balaban J connectivity index is 2.05. The van der Waals surface area contributed by atoms with Gasteiger partial charge in [0, 0.05) is 0 Å². The van der Waals surface area contributed by atoms with Crippen molar-refractivity contribution < 1.29 is 0 Å². The first-order chi connectivity index (χ1) is 5.68. The van der Waals surface area contributed by atoms with Crippen LogP contribution in [0.5, 0.6) is 0 Å². The third-order valence-electron chi connectivity index (χ3n) is 4.56. The lowest BCUT2D eigenvalue weighted by atomic mass is 9.74. The molecule has 0 aromatic rings. The molecule has 0 heterocycles. The van der Waals surface area contributed by atoms with E-state index in [1.807, 2.05) is 0 Å². The van der Waals surface area contributed by atoms with Gasteiger partial charge in [0.1, 0.15) is 0 Å². The van der Waals surface area contributed by atoms with Gasteiger partial charge in [-0.05, 0) is 48.9 Å². The van der Waals surface area contributed by atoms with Gasteiger partial charge in [-0.15, -0.1) is 0 Å². The zero-order valence-corrected chi connectivity index (χ0v) is 8.72. The van der Waals surface area contributed by atoms with E-state index in [9.17, 15) is 0 Å². The van der Waals surface area contributed by atoms with E-state index in [-0.39, 0.29) is 0 Å². The van der Waals surface area contributed by atoms with Crippen molar-refractivity contribution in [2.75, 3.05) is 0 Å². The molecule has 2 saturated carbocycles. The Labute approximate surface area is 76.7 Å². The molecule has 2 rings (SSSR count). The zero-order valence-electron chi connectivity index (χ0n) is 8.72. The van der Waals surface area contributed by atoms with Crippen LogP contribution >= 0.6 is 0 Å². The average Bonchev–Trinajstić information content (AvgIpc) is 2.31. The smallest absolute Gasteiger partial charge is 0.0355 e. The summed E-state index contributed by atoms with van der Waals surface area (Å²) in [6, 6.07) is 0. The van der Waals surface area contributed by atoms with Gasteiger partial charge in [-0.2, -0.15) is 0 Å². The van der Waals surface area contributed by atoms with E-state index in [0.29, 0.717) is 0 Å². The Hall–Kier alpha value is 0. The first-order valence-corrected chi connectivity index (χ1v) is 5.68. The summed E-state index contributed by atoms with van der Waals surface area (Å²) in [4.78, 5) is 0. The molecule has 0 nitrogen and oxygen atoms in total. The molecule has 0 aliphatic heterocycles. The van der Waals surface area contributed by atoms with Gasteiger partial charge in [-0.25, -0.2) is 0 Å². The summed E-state index contributed by atoms with van der Waals surface area (Å²) < 4.78 is 0. The highest BCUT2D eigenvalue weighted by molar-refractivity contribution is 4.90. The molecule has 0 amide bonds. The number of fused-ring (bicyclic) bond motifs is 1. The van der Waals surface area contributed by atoms with E-state index in [1.165, 1.54) is 25.7 Å². The molecule has 0 bridgehead atoms. The van der Waals surface area contributed by atoms with Crippen LogP contribution in [0.2, 0.25) is 0 Å². The number of hydrogen-bond acceptors (Lipinski definition) is 0. The van der Waals surface area contributed by atoms with Crippen molar-refractivity contribution in [1.29, 1.82) is 0 Å². The average molecular weight is 166 g/mol. The van der Waals surface area contributed by atoms with Gasteiger partial charge in [-0.3, -0.25) is 0 Å². The lowest BCUT2D eigenvalue weighted by Crippen LogP contribution is -2.22. The lowest BCUT2D eigenvalue weighted by Gasteiger charge is -2.32. The molecule has 0 heteroatoms. The summed E-state index contributed by atoms with van der Waals surface area (Å²) in [6.07, 6.45) is 6.08. The fourth-order valence-corrected chi connectivity index (χ4v) is 3.54. The largest absolute Gasteiger partial charge is 0.0625 e. The lowest BCUT2D eigenvalue weighted by molar-refractivity contribution is 0.186. The summed E-state index contributed by atoms with van der Waals surface area (Å²) in [5.74, 6) is 5.22. The van der Waals surface area contributed by atoms with Crippen molar-refractivity contribution in [1.82, 2.24) is 0 Å². The van der Waals surface area contributed by atoms with Crippen LogP contribution in [-0.4, -0.2) is 0 Å². The van der Waals surface area contributed by atoms with Gasteiger partial charge in [0.25, 0.3) is 0 Å². The fraction of sp³-hybridized carbons (Fsp3) is 1.00. The SMILES string of the molecule is CC1CCC2CC(C)C(C)C2C1. The summed E-state index contributed by atoms with van der Waals surface area (Å²) in [5.41, 5.74) is 0. The molecule has 2 aliphatic rings. The Morgan fingerprint density at radius 2 is 1.67 bits per heavy atom. The van der Waals surface area contributed by atoms with Crippen molar-refractivity contribution in [3.8, 4) is 0 Å². The van der Waals surface area contributed by atoms with E-state index in [2.05, 4.69) is 20.8 Å². The molecule has 2 fully saturated rings. The highest BCUT2D eigenvalue weighted by Crippen LogP contribution is 2.49. The molecule has 12 heavy (non-hydrogen) atoms. The predicted octanol–water partition coefficient (Wildman–Crippen LogP) is 3.71. The highest BCUT2D eigenvalue weighted by Gasteiger charge is 2.40. The molecule has 5 atom stereocenters. The standard InChI is InChI=1S/C12H22/c1-8-4-5-11-7-9(2)10(3)12(11)6-8/h8-12H,4-7H2,1-3H3. The monoisotopic (exact) mass is 166 g/mol. The van der Waals surface area contributed by atoms with Crippen LogP contribution < -0.4 is 0 Å². The molecule has 0 aromatic heterocycles. The molecule has 0 spiro atoms. The van der Waals surface area contributed by atoms with Gasteiger partial charge in [0.15, 0.2) is 0 Å². The van der Waals surface area contributed by atoms with Crippen LogP contribution in [0, 0.1) is 29.6 Å². The minimum Gasteiger partial charge on any atom is -0.0625 e. The van der Waals surface area contributed by atoms with E-state index < -0.39 is 0 Å². The Morgan fingerprint density at radius 3 is 2.42 bits per heavy atom. The maximum atomic E-state index is 2.48. The number of hydrogen-bond donors (Lipinski definition) is 0. The van der Waals surface area contributed by atoms with Crippen LogP contribution in [0.4, 0.5) is 0 Å². The molecule has 0 radical (unpaired) electrons. The van der Waals surface area contributed by atoms with Crippen LogP contribution in [0.1, 0.15) is 46.5 Å². The summed E-state index contributed by atoms with van der Waals surface area (Å²) in [7, 11) is 0. The molecular formula is C12H22. The molecule has 0 saturated heterocycles. The van der Waals surface area contributed by atoms with Gasteiger partial charge in [-0.1, -0.05) is 27.2 Å².